The minimum absolute atomic E-state index is 0.00359. The number of carbonyl (C=O) groups is 1. The van der Waals surface area contributed by atoms with Gasteiger partial charge in [0.25, 0.3) is 5.89 Å². The van der Waals surface area contributed by atoms with Crippen molar-refractivity contribution >= 4 is 51.1 Å². The zero-order valence-electron chi connectivity index (χ0n) is 28.6. The number of alkyl halides is 1. The highest BCUT2D eigenvalue weighted by Gasteiger charge is 2.49. The van der Waals surface area contributed by atoms with E-state index in [2.05, 4.69) is 25.0 Å². The highest BCUT2D eigenvalue weighted by Crippen LogP contribution is 2.42. The van der Waals surface area contributed by atoms with E-state index in [9.17, 15) is 9.18 Å². The molecule has 1 amide bonds. The van der Waals surface area contributed by atoms with Gasteiger partial charge < -0.3 is 19.1 Å². The molecule has 4 aliphatic rings. The average Bonchev–Trinajstić information content (AvgIpc) is 3.44. The molecule has 4 fully saturated rings. The molecule has 1 unspecified atom stereocenters. The van der Waals surface area contributed by atoms with Crippen molar-refractivity contribution in [3.05, 3.63) is 71.2 Å². The Bertz CT molecular complexity index is 2220. The van der Waals surface area contributed by atoms with Crippen molar-refractivity contribution in [2.75, 3.05) is 44.7 Å². The largest absolute Gasteiger partial charge is 0.461 e. The minimum atomic E-state index is -0.920. The average molecular weight is 727 g/mol. The Kier molecular flexibility index (Phi) is 8.30. The Morgan fingerprint density at radius 3 is 2.83 bits per heavy atom. The van der Waals surface area contributed by atoms with E-state index < -0.39 is 17.5 Å². The molecule has 0 N–H and O–H groups in total. The quantitative estimate of drug-likeness (QED) is 0.154. The van der Waals surface area contributed by atoms with Crippen LogP contribution in [0.5, 0.6) is 6.01 Å². The van der Waals surface area contributed by atoms with Crippen LogP contribution in [-0.2, 0) is 4.79 Å². The summed E-state index contributed by atoms with van der Waals surface area (Å²) in [6.45, 7) is 2.33. The standard InChI is InChI=1S/C38H37ClF2N8O3/c1-47(25-13-16-48(20-25)30(50)12-11-29-43-35(46-52-29)23-9-10-23)36-27-18-42-33(26-7-2-5-22-6-3-8-28(39)31(22)26)32(41)34(27)44-37(45-36)51-21-38-14-4-15-49(38)19-24(40)17-38/h2-3,5-8,11-12,18,23-25H,4,9-10,13-17,19-21H2,1H3/b12-11+/t24?,25-,38+/m1/s1. The number of anilines is 1. The van der Waals surface area contributed by atoms with Crippen molar-refractivity contribution in [2.24, 2.45) is 0 Å². The molecule has 268 valence electrons. The summed E-state index contributed by atoms with van der Waals surface area (Å²) in [5, 5.41) is 6.44. The Hall–Kier alpha value is -4.75. The second-order valence-electron chi connectivity index (χ2n) is 14.5. The lowest BCUT2D eigenvalue weighted by Crippen LogP contribution is -2.43. The molecule has 5 aromatic rings. The summed E-state index contributed by atoms with van der Waals surface area (Å²) in [5.41, 5.74) is 0.263. The van der Waals surface area contributed by atoms with Crippen LogP contribution in [0.1, 0.15) is 56.2 Å². The third-order valence-electron chi connectivity index (χ3n) is 11.1. The van der Waals surface area contributed by atoms with Crippen LogP contribution >= 0.6 is 11.6 Å². The number of ether oxygens (including phenoxy) is 1. The van der Waals surface area contributed by atoms with Crippen LogP contribution in [0.2, 0.25) is 5.02 Å². The predicted octanol–water partition coefficient (Wildman–Crippen LogP) is 6.60. The summed E-state index contributed by atoms with van der Waals surface area (Å²) < 4.78 is 43.0. The van der Waals surface area contributed by atoms with Crippen molar-refractivity contribution in [1.82, 2.24) is 34.9 Å². The van der Waals surface area contributed by atoms with E-state index in [1.807, 2.05) is 36.2 Å². The van der Waals surface area contributed by atoms with Gasteiger partial charge in [-0.3, -0.25) is 14.7 Å². The molecular formula is C38H37ClF2N8O3. The smallest absolute Gasteiger partial charge is 0.319 e. The van der Waals surface area contributed by atoms with Gasteiger partial charge in [-0.2, -0.15) is 15.0 Å². The van der Waals surface area contributed by atoms with Gasteiger partial charge in [-0.1, -0.05) is 47.1 Å². The van der Waals surface area contributed by atoms with Crippen molar-refractivity contribution in [3.63, 3.8) is 0 Å². The molecule has 0 radical (unpaired) electrons. The number of hydrogen-bond acceptors (Lipinski definition) is 10. The number of carbonyl (C=O) groups excluding carboxylic acids is 1. The number of rotatable bonds is 9. The topological polar surface area (TPSA) is 114 Å². The van der Waals surface area contributed by atoms with Gasteiger partial charge in [-0.15, -0.1) is 0 Å². The second kappa shape index (κ2) is 13.0. The van der Waals surface area contributed by atoms with E-state index in [4.69, 9.17) is 25.8 Å². The molecule has 0 bridgehead atoms. The fourth-order valence-corrected chi connectivity index (χ4v) is 8.47. The fourth-order valence-electron chi connectivity index (χ4n) is 8.18. The maximum Gasteiger partial charge on any atom is 0.319 e. The zero-order valence-corrected chi connectivity index (χ0v) is 29.4. The Labute approximate surface area is 303 Å². The summed E-state index contributed by atoms with van der Waals surface area (Å²) in [5.74, 6) is 0.976. The first kappa shape index (κ1) is 33.1. The van der Waals surface area contributed by atoms with Crippen molar-refractivity contribution in [3.8, 4) is 17.3 Å². The summed E-state index contributed by atoms with van der Waals surface area (Å²) >= 11 is 6.63. The van der Waals surface area contributed by atoms with Crippen LogP contribution in [0.25, 0.3) is 39.0 Å². The van der Waals surface area contributed by atoms with E-state index >= 15 is 4.39 Å². The lowest BCUT2D eigenvalue weighted by atomic mass is 9.95. The van der Waals surface area contributed by atoms with Gasteiger partial charge in [-0.05, 0) is 50.1 Å². The number of fused-ring (bicyclic) bond motifs is 3. The number of aromatic nitrogens is 5. The summed E-state index contributed by atoms with van der Waals surface area (Å²) in [7, 11) is 1.87. The van der Waals surface area contributed by atoms with E-state index in [-0.39, 0.29) is 35.8 Å². The first-order valence-corrected chi connectivity index (χ1v) is 18.2. The van der Waals surface area contributed by atoms with Crippen molar-refractivity contribution < 1.29 is 22.8 Å². The number of benzene rings is 2. The third-order valence-corrected chi connectivity index (χ3v) is 11.4. The number of pyridine rings is 1. The van der Waals surface area contributed by atoms with E-state index in [0.29, 0.717) is 77.3 Å². The molecule has 14 heteroatoms. The lowest BCUT2D eigenvalue weighted by Gasteiger charge is -2.31. The molecule has 3 aliphatic heterocycles. The highest BCUT2D eigenvalue weighted by atomic mass is 35.5. The molecule has 11 nitrogen and oxygen atoms in total. The molecular weight excluding hydrogens is 690 g/mol. The summed E-state index contributed by atoms with van der Waals surface area (Å²) in [6.07, 6.45) is 8.59. The molecule has 2 aromatic carbocycles. The van der Waals surface area contributed by atoms with Crippen LogP contribution in [-0.4, -0.2) is 98.4 Å². The first-order valence-electron chi connectivity index (χ1n) is 17.9. The fraction of sp³-hybridized carbons (Fsp3) is 0.421. The number of hydrogen-bond donors (Lipinski definition) is 0. The van der Waals surface area contributed by atoms with E-state index in [1.54, 1.807) is 29.3 Å². The lowest BCUT2D eigenvalue weighted by molar-refractivity contribution is -0.124. The number of likely N-dealkylation sites (N-methyl/N-ethyl adjacent to an activating group) is 1. The van der Waals surface area contributed by atoms with Gasteiger partial charge in [0.15, 0.2) is 11.6 Å². The Morgan fingerprint density at radius 2 is 1.98 bits per heavy atom. The maximum absolute atomic E-state index is 16.9. The van der Waals surface area contributed by atoms with Crippen LogP contribution < -0.4 is 9.64 Å². The van der Waals surface area contributed by atoms with Gasteiger partial charge >= 0.3 is 6.01 Å². The van der Waals surface area contributed by atoms with Crippen LogP contribution in [0.4, 0.5) is 14.6 Å². The van der Waals surface area contributed by atoms with Gasteiger partial charge in [0.1, 0.15) is 29.8 Å². The van der Waals surface area contributed by atoms with Gasteiger partial charge in [0.05, 0.1) is 10.9 Å². The second-order valence-corrected chi connectivity index (χ2v) is 14.9. The molecule has 3 saturated heterocycles. The Morgan fingerprint density at radius 1 is 1.13 bits per heavy atom. The molecule has 6 heterocycles. The molecule has 1 aliphatic carbocycles. The normalized spacial score (nSPS) is 23.3. The number of amides is 1. The van der Waals surface area contributed by atoms with Gasteiger partial charge in [0.2, 0.25) is 5.91 Å². The predicted molar refractivity (Wildman–Crippen MR) is 192 cm³/mol. The highest BCUT2D eigenvalue weighted by molar-refractivity contribution is 6.36. The zero-order chi connectivity index (χ0) is 35.6. The molecule has 52 heavy (non-hydrogen) atoms. The molecule has 9 rings (SSSR count). The Balaban J connectivity index is 1.04. The van der Waals surface area contributed by atoms with Crippen LogP contribution in [0, 0.1) is 5.82 Å². The summed E-state index contributed by atoms with van der Waals surface area (Å²) in [4.78, 5) is 37.5. The molecule has 3 aromatic heterocycles. The first-order chi connectivity index (χ1) is 25.3. The molecule has 0 spiro atoms. The number of nitrogens with zero attached hydrogens (tertiary/aromatic N) is 8. The number of halogens is 3. The SMILES string of the molecule is CN(c1nc(OC[C@@]23CCCN2CC(F)C3)nc2c(F)c(-c3cccc4cccc(Cl)c34)ncc12)[C@@H]1CCN(C(=O)/C=C/c2nc(C3CC3)no2)C1. The minimum Gasteiger partial charge on any atom is -0.461 e. The van der Waals surface area contributed by atoms with Crippen molar-refractivity contribution in [2.45, 2.75) is 62.2 Å². The van der Waals surface area contributed by atoms with Crippen LogP contribution in [0.3, 0.4) is 0 Å². The van der Waals surface area contributed by atoms with Gasteiger partial charge in [-0.25, -0.2) is 8.78 Å². The van der Waals surface area contributed by atoms with Crippen molar-refractivity contribution in [1.29, 1.82) is 0 Å². The van der Waals surface area contributed by atoms with E-state index in [1.165, 1.54) is 6.08 Å². The maximum atomic E-state index is 16.9. The van der Waals surface area contributed by atoms with Gasteiger partial charge in [0, 0.05) is 79.4 Å². The summed E-state index contributed by atoms with van der Waals surface area (Å²) in [6, 6.07) is 11.0. The van der Waals surface area contributed by atoms with E-state index in [0.717, 1.165) is 37.6 Å². The monoisotopic (exact) mass is 726 g/mol. The third kappa shape index (κ3) is 5.93. The number of likely N-dealkylation sites (tertiary alicyclic amines) is 1. The molecule has 1 saturated carbocycles. The molecule has 3 atom stereocenters. The van der Waals surface area contributed by atoms with Crippen LogP contribution in [0.15, 0.2) is 53.2 Å².